The zero-order chi connectivity index (χ0) is 31.4. The maximum absolute atomic E-state index is 15.0. The monoisotopic (exact) mass is 580 g/mol. The van der Waals surface area contributed by atoms with Gasteiger partial charge in [0.1, 0.15) is 28.8 Å². The fraction of sp³-hybridized carbons (Fsp3) is 0. The predicted molar refractivity (Wildman–Crippen MR) is 160 cm³/mol. The summed E-state index contributed by atoms with van der Waals surface area (Å²) in [6, 6.07) is 13.3. The molecule has 0 bridgehead atoms. The van der Waals surface area contributed by atoms with Crippen LogP contribution in [0, 0.1) is 5.82 Å². The van der Waals surface area contributed by atoms with Crippen molar-refractivity contribution in [1.82, 2.24) is 0 Å². The van der Waals surface area contributed by atoms with Gasteiger partial charge in [0.05, 0.1) is 0 Å². The third-order valence-corrected chi connectivity index (χ3v) is 5.29. The second-order valence-electron chi connectivity index (χ2n) is 8.42. The van der Waals surface area contributed by atoms with Crippen LogP contribution in [0.25, 0.3) is 24.3 Å². The lowest BCUT2D eigenvalue weighted by atomic mass is 10.1. The Morgan fingerprint density at radius 3 is 1.19 bits per heavy atom. The van der Waals surface area contributed by atoms with Gasteiger partial charge in [-0.15, -0.1) is 0 Å². The van der Waals surface area contributed by atoms with Crippen LogP contribution in [0.5, 0.6) is 23.0 Å². The summed E-state index contributed by atoms with van der Waals surface area (Å²) >= 11 is 0. The van der Waals surface area contributed by atoms with Gasteiger partial charge >= 0.3 is 23.9 Å². The normalized spacial score (nSPS) is 10.5. The number of halogens is 1. The topological polar surface area (TPSA) is 105 Å². The fourth-order valence-corrected chi connectivity index (χ4v) is 3.41. The van der Waals surface area contributed by atoms with Crippen molar-refractivity contribution in [3.63, 3.8) is 0 Å². The number of hydrogen-bond acceptors (Lipinski definition) is 8. The lowest BCUT2D eigenvalue weighted by molar-refractivity contribution is -0.130. The van der Waals surface area contributed by atoms with Crippen LogP contribution >= 0.6 is 0 Å². The molecule has 0 saturated heterocycles. The van der Waals surface area contributed by atoms with E-state index < -0.39 is 29.7 Å². The minimum Gasteiger partial charge on any atom is -0.423 e. The Bertz CT molecular complexity index is 1600. The average molecular weight is 581 g/mol. The highest BCUT2D eigenvalue weighted by molar-refractivity contribution is 5.86. The standard InChI is InChI=1S/C34H25FO8/c1-5-31(36)40-26-15-23(16-27(20-26)41-32(37)6-2)10-9-22-11-13-25(30(35)19-22)14-12-24-17-28(42-33(38)7-3)21-29(18-24)43-34(39)8-4/h5-21H,1-4H2. The molecule has 9 heteroatoms. The van der Waals surface area contributed by atoms with Gasteiger partial charge in [0, 0.05) is 42.0 Å². The number of ether oxygens (including phenoxy) is 4. The van der Waals surface area contributed by atoms with Crippen molar-refractivity contribution in [3.05, 3.63) is 133 Å². The molecule has 0 radical (unpaired) electrons. The lowest BCUT2D eigenvalue weighted by Crippen LogP contribution is -2.06. The molecule has 0 atom stereocenters. The van der Waals surface area contributed by atoms with E-state index in [-0.39, 0.29) is 28.6 Å². The first kappa shape index (κ1) is 31.4. The highest BCUT2D eigenvalue weighted by atomic mass is 19.1. The van der Waals surface area contributed by atoms with E-state index in [1.807, 2.05) is 0 Å². The minimum atomic E-state index is -0.713. The second kappa shape index (κ2) is 15.1. The highest BCUT2D eigenvalue weighted by Crippen LogP contribution is 2.27. The summed E-state index contributed by atoms with van der Waals surface area (Å²) in [5.41, 5.74) is 1.70. The molecule has 0 unspecified atom stereocenters. The average Bonchev–Trinajstić information content (AvgIpc) is 2.99. The Hall–Kier alpha value is -6.09. The second-order valence-corrected chi connectivity index (χ2v) is 8.42. The highest BCUT2D eigenvalue weighted by Gasteiger charge is 2.09. The molecule has 216 valence electrons. The van der Waals surface area contributed by atoms with Gasteiger partial charge in [0.25, 0.3) is 0 Å². The van der Waals surface area contributed by atoms with Gasteiger partial charge in [-0.2, -0.15) is 0 Å². The number of rotatable bonds is 12. The van der Waals surface area contributed by atoms with E-state index in [0.29, 0.717) is 16.7 Å². The number of benzene rings is 3. The van der Waals surface area contributed by atoms with Gasteiger partial charge in [0.15, 0.2) is 0 Å². The first-order chi connectivity index (χ1) is 20.6. The molecular formula is C34H25FO8. The predicted octanol–water partition coefficient (Wildman–Crippen LogP) is 6.53. The van der Waals surface area contributed by atoms with E-state index in [9.17, 15) is 23.6 Å². The maximum Gasteiger partial charge on any atom is 0.335 e. The number of hydrogen-bond donors (Lipinski definition) is 0. The van der Waals surface area contributed by atoms with E-state index >= 15 is 0 Å². The Morgan fingerprint density at radius 2 is 0.837 bits per heavy atom. The van der Waals surface area contributed by atoms with Crippen molar-refractivity contribution in [3.8, 4) is 23.0 Å². The van der Waals surface area contributed by atoms with E-state index in [4.69, 9.17) is 18.9 Å². The maximum atomic E-state index is 15.0. The number of esters is 4. The summed E-state index contributed by atoms with van der Waals surface area (Å²) in [6.45, 7) is 13.4. The van der Waals surface area contributed by atoms with Crippen LogP contribution in [0.3, 0.4) is 0 Å². The molecule has 3 aromatic carbocycles. The molecule has 0 aromatic heterocycles. The zero-order valence-electron chi connectivity index (χ0n) is 22.8. The van der Waals surface area contributed by atoms with Crippen LogP contribution in [-0.4, -0.2) is 23.9 Å². The van der Waals surface area contributed by atoms with Gasteiger partial charge in [-0.1, -0.05) is 62.8 Å². The van der Waals surface area contributed by atoms with Crippen LogP contribution in [0.2, 0.25) is 0 Å². The molecule has 0 aliphatic heterocycles. The van der Waals surface area contributed by atoms with E-state index in [1.54, 1.807) is 30.4 Å². The summed E-state index contributed by atoms with van der Waals surface area (Å²) in [7, 11) is 0. The van der Waals surface area contributed by atoms with Crippen molar-refractivity contribution in [2.45, 2.75) is 0 Å². The van der Waals surface area contributed by atoms with Crippen molar-refractivity contribution in [1.29, 1.82) is 0 Å². The molecule has 0 N–H and O–H groups in total. The van der Waals surface area contributed by atoms with Crippen molar-refractivity contribution >= 4 is 48.2 Å². The van der Waals surface area contributed by atoms with Crippen molar-refractivity contribution < 1.29 is 42.5 Å². The summed E-state index contributed by atoms with van der Waals surface area (Å²) in [6.07, 6.45) is 10.2. The first-order valence-corrected chi connectivity index (χ1v) is 12.4. The van der Waals surface area contributed by atoms with Crippen LogP contribution in [-0.2, 0) is 19.2 Å². The summed E-state index contributed by atoms with van der Waals surface area (Å²) < 4.78 is 35.5. The zero-order valence-corrected chi connectivity index (χ0v) is 22.8. The molecule has 0 aliphatic rings. The van der Waals surface area contributed by atoms with Crippen molar-refractivity contribution in [2.24, 2.45) is 0 Å². The van der Waals surface area contributed by atoms with Crippen LogP contribution in [0.15, 0.2) is 105 Å². The molecule has 3 aromatic rings. The quantitative estimate of drug-likeness (QED) is 0.103. The van der Waals surface area contributed by atoms with Crippen molar-refractivity contribution in [2.75, 3.05) is 0 Å². The van der Waals surface area contributed by atoms with Gasteiger partial charge in [-0.3, -0.25) is 0 Å². The molecule has 8 nitrogen and oxygen atoms in total. The number of carbonyl (C=O) groups excluding carboxylic acids is 4. The van der Waals surface area contributed by atoms with E-state index in [1.165, 1.54) is 48.5 Å². The Kier molecular flexibility index (Phi) is 11.0. The molecule has 0 fully saturated rings. The molecule has 0 saturated carbocycles. The van der Waals surface area contributed by atoms with Gasteiger partial charge in [-0.25, -0.2) is 23.6 Å². The SMILES string of the molecule is C=CC(=O)Oc1cc(C=Cc2ccc(C=Cc3cc(OC(=O)C=C)cc(OC(=O)C=C)c3)c(F)c2)cc(OC(=O)C=C)c1. The third kappa shape index (κ3) is 9.80. The lowest BCUT2D eigenvalue weighted by Gasteiger charge is -2.08. The van der Waals surface area contributed by atoms with Gasteiger partial charge in [0.2, 0.25) is 0 Å². The molecular weight excluding hydrogens is 555 g/mol. The smallest absolute Gasteiger partial charge is 0.335 e. The molecule has 0 spiro atoms. The number of carbonyl (C=O) groups is 4. The van der Waals surface area contributed by atoms with E-state index in [2.05, 4.69) is 26.3 Å². The molecule has 0 amide bonds. The summed E-state index contributed by atoms with van der Waals surface area (Å²) in [4.78, 5) is 46.6. The molecule has 43 heavy (non-hydrogen) atoms. The van der Waals surface area contributed by atoms with Gasteiger partial charge < -0.3 is 18.9 Å². The molecule has 3 rings (SSSR count). The van der Waals surface area contributed by atoms with Crippen LogP contribution in [0.1, 0.15) is 22.3 Å². The third-order valence-electron chi connectivity index (χ3n) is 5.29. The summed E-state index contributed by atoms with van der Waals surface area (Å²) in [5.74, 6) is -2.98. The van der Waals surface area contributed by atoms with Crippen LogP contribution < -0.4 is 18.9 Å². The molecule has 0 aliphatic carbocycles. The Morgan fingerprint density at radius 1 is 0.488 bits per heavy atom. The first-order valence-electron chi connectivity index (χ1n) is 12.4. The fourth-order valence-electron chi connectivity index (χ4n) is 3.41. The minimum absolute atomic E-state index is 0.0885. The largest absolute Gasteiger partial charge is 0.423 e. The summed E-state index contributed by atoms with van der Waals surface area (Å²) in [5, 5.41) is 0. The Balaban J connectivity index is 1.85. The Labute approximate surface area is 247 Å². The van der Waals surface area contributed by atoms with Crippen LogP contribution in [0.4, 0.5) is 4.39 Å². The van der Waals surface area contributed by atoms with E-state index in [0.717, 1.165) is 24.3 Å². The molecule has 0 heterocycles. The van der Waals surface area contributed by atoms with Gasteiger partial charge in [-0.05, 0) is 47.0 Å².